The SMILES string of the molecule is CCCCOc1ccc(C(C)=O)cc1C(=O)Nc1c(C(N)=O)n[nH]c1CC. The number of Topliss-reactive ketones (excluding diaryl/α,β-unsaturated/α-hetero) is 1. The van der Waals surface area contributed by atoms with Crippen LogP contribution in [0, 0.1) is 0 Å². The van der Waals surface area contributed by atoms with E-state index in [0.717, 1.165) is 12.8 Å². The first-order valence-electron chi connectivity index (χ1n) is 8.85. The lowest BCUT2D eigenvalue weighted by atomic mass is 10.1. The van der Waals surface area contributed by atoms with E-state index < -0.39 is 11.8 Å². The highest BCUT2D eigenvalue weighted by atomic mass is 16.5. The van der Waals surface area contributed by atoms with Gasteiger partial charge in [0.2, 0.25) is 0 Å². The topological polar surface area (TPSA) is 127 Å². The third-order valence-electron chi connectivity index (χ3n) is 4.05. The van der Waals surface area contributed by atoms with Gasteiger partial charge in [-0.3, -0.25) is 19.5 Å². The third kappa shape index (κ3) is 4.72. The predicted octanol–water partition coefficient (Wildman–Crippen LogP) is 2.70. The number of nitrogens with one attached hydrogen (secondary N) is 2. The summed E-state index contributed by atoms with van der Waals surface area (Å²) >= 11 is 0. The standard InChI is InChI=1S/C19H24N4O4/c1-4-6-9-27-15-8-7-12(11(3)24)10-13(15)19(26)21-16-14(5-2)22-23-17(16)18(20)25/h7-8,10H,4-6,9H2,1-3H3,(H2,20,25)(H,21,26)(H,22,23). The maximum atomic E-state index is 12.9. The number of hydrogen-bond acceptors (Lipinski definition) is 5. The van der Waals surface area contributed by atoms with E-state index in [-0.39, 0.29) is 22.7 Å². The Hall–Kier alpha value is -3.16. The van der Waals surface area contributed by atoms with Gasteiger partial charge in [-0.2, -0.15) is 5.10 Å². The van der Waals surface area contributed by atoms with Crippen molar-refractivity contribution >= 4 is 23.3 Å². The van der Waals surface area contributed by atoms with Gasteiger partial charge in [-0.05, 0) is 38.0 Å². The van der Waals surface area contributed by atoms with Crippen LogP contribution in [0.2, 0.25) is 0 Å². The number of anilines is 1. The monoisotopic (exact) mass is 372 g/mol. The second-order valence-corrected chi connectivity index (χ2v) is 6.07. The molecule has 1 aromatic carbocycles. The first-order valence-corrected chi connectivity index (χ1v) is 8.85. The number of H-pyrrole nitrogens is 1. The summed E-state index contributed by atoms with van der Waals surface area (Å²) in [5.74, 6) is -1.06. The number of primary amides is 1. The van der Waals surface area contributed by atoms with Gasteiger partial charge in [-0.1, -0.05) is 20.3 Å². The van der Waals surface area contributed by atoms with Crippen molar-refractivity contribution < 1.29 is 19.1 Å². The van der Waals surface area contributed by atoms with E-state index in [1.165, 1.54) is 13.0 Å². The number of unbranched alkanes of at least 4 members (excludes halogenated alkanes) is 1. The normalized spacial score (nSPS) is 10.5. The number of nitrogens with zero attached hydrogens (tertiary/aromatic N) is 1. The number of rotatable bonds is 9. The van der Waals surface area contributed by atoms with Gasteiger partial charge in [-0.25, -0.2) is 0 Å². The van der Waals surface area contributed by atoms with Crippen LogP contribution in [0.5, 0.6) is 5.75 Å². The van der Waals surface area contributed by atoms with Gasteiger partial charge in [0.15, 0.2) is 11.5 Å². The lowest BCUT2D eigenvalue weighted by Crippen LogP contribution is -2.19. The van der Waals surface area contributed by atoms with E-state index >= 15 is 0 Å². The zero-order valence-corrected chi connectivity index (χ0v) is 15.7. The summed E-state index contributed by atoms with van der Waals surface area (Å²) in [6.45, 7) is 5.76. The molecule has 27 heavy (non-hydrogen) atoms. The zero-order chi connectivity index (χ0) is 20.0. The molecule has 0 radical (unpaired) electrons. The molecule has 8 nitrogen and oxygen atoms in total. The highest BCUT2D eigenvalue weighted by Gasteiger charge is 2.22. The van der Waals surface area contributed by atoms with Crippen molar-refractivity contribution in [2.45, 2.75) is 40.0 Å². The van der Waals surface area contributed by atoms with Crippen LogP contribution in [-0.4, -0.2) is 34.4 Å². The van der Waals surface area contributed by atoms with Crippen molar-refractivity contribution in [3.63, 3.8) is 0 Å². The van der Waals surface area contributed by atoms with Crippen LogP contribution in [0.3, 0.4) is 0 Å². The first kappa shape index (κ1) is 20.2. The molecule has 1 heterocycles. The predicted molar refractivity (Wildman–Crippen MR) is 101 cm³/mol. The fourth-order valence-corrected chi connectivity index (χ4v) is 2.51. The molecule has 0 atom stereocenters. The van der Waals surface area contributed by atoms with E-state index in [1.54, 1.807) is 12.1 Å². The van der Waals surface area contributed by atoms with Crippen molar-refractivity contribution in [3.8, 4) is 5.75 Å². The molecule has 0 unspecified atom stereocenters. The Bertz CT molecular complexity index is 857. The molecular weight excluding hydrogens is 348 g/mol. The summed E-state index contributed by atoms with van der Waals surface area (Å²) in [6.07, 6.45) is 2.30. The van der Waals surface area contributed by atoms with E-state index in [4.69, 9.17) is 10.5 Å². The summed E-state index contributed by atoms with van der Waals surface area (Å²) in [7, 11) is 0. The molecule has 2 aromatic rings. The van der Waals surface area contributed by atoms with Crippen molar-refractivity contribution in [3.05, 3.63) is 40.7 Å². The summed E-state index contributed by atoms with van der Waals surface area (Å²) in [4.78, 5) is 36.2. The molecule has 0 spiro atoms. The number of hydrogen-bond donors (Lipinski definition) is 3. The molecule has 1 aromatic heterocycles. The van der Waals surface area contributed by atoms with Gasteiger partial charge in [0, 0.05) is 5.56 Å². The number of aromatic amines is 1. The lowest BCUT2D eigenvalue weighted by molar-refractivity contribution is 0.0993. The molecule has 0 saturated carbocycles. The van der Waals surface area contributed by atoms with E-state index in [9.17, 15) is 14.4 Å². The number of aryl methyl sites for hydroxylation is 1. The number of aromatic nitrogens is 2. The number of benzene rings is 1. The molecule has 2 rings (SSSR count). The highest BCUT2D eigenvalue weighted by Crippen LogP contribution is 2.25. The van der Waals surface area contributed by atoms with E-state index in [2.05, 4.69) is 15.5 Å². The smallest absolute Gasteiger partial charge is 0.271 e. The van der Waals surface area contributed by atoms with Crippen LogP contribution in [0.25, 0.3) is 0 Å². The van der Waals surface area contributed by atoms with Crippen molar-refractivity contribution in [1.82, 2.24) is 10.2 Å². The van der Waals surface area contributed by atoms with Crippen LogP contribution in [0.1, 0.15) is 70.5 Å². The Balaban J connectivity index is 2.39. The molecule has 0 bridgehead atoms. The van der Waals surface area contributed by atoms with Crippen LogP contribution >= 0.6 is 0 Å². The minimum absolute atomic E-state index is 0.0450. The van der Waals surface area contributed by atoms with Gasteiger partial charge in [0.05, 0.1) is 23.6 Å². The molecule has 0 fully saturated rings. The molecular formula is C19H24N4O4. The summed E-state index contributed by atoms with van der Waals surface area (Å²) in [5.41, 5.74) is 6.70. The fraction of sp³-hybridized carbons (Fsp3) is 0.368. The quantitative estimate of drug-likeness (QED) is 0.461. The van der Waals surface area contributed by atoms with Crippen LogP contribution in [-0.2, 0) is 6.42 Å². The summed E-state index contributed by atoms with van der Waals surface area (Å²) < 4.78 is 5.70. The highest BCUT2D eigenvalue weighted by molar-refractivity contribution is 6.11. The average molecular weight is 372 g/mol. The third-order valence-corrected chi connectivity index (χ3v) is 4.05. The Morgan fingerprint density at radius 2 is 2.00 bits per heavy atom. The van der Waals surface area contributed by atoms with Gasteiger partial charge in [0.1, 0.15) is 5.75 Å². The van der Waals surface area contributed by atoms with Gasteiger partial charge >= 0.3 is 0 Å². The average Bonchev–Trinajstić information content (AvgIpc) is 3.04. The number of carbonyl (C=O) groups excluding carboxylic acids is 3. The van der Waals surface area contributed by atoms with E-state index in [0.29, 0.717) is 30.0 Å². The molecule has 4 N–H and O–H groups in total. The maximum absolute atomic E-state index is 12.9. The van der Waals surface area contributed by atoms with Crippen molar-refractivity contribution in [2.24, 2.45) is 5.73 Å². The largest absolute Gasteiger partial charge is 0.493 e. The molecule has 8 heteroatoms. The summed E-state index contributed by atoms with van der Waals surface area (Å²) in [6, 6.07) is 4.70. The molecule has 144 valence electrons. The Morgan fingerprint density at radius 3 is 2.59 bits per heavy atom. The number of amides is 2. The second-order valence-electron chi connectivity index (χ2n) is 6.07. The number of ketones is 1. The molecule has 0 aliphatic rings. The Labute approximate surface area is 157 Å². The number of nitrogens with two attached hydrogens (primary N) is 1. The molecule has 0 aliphatic heterocycles. The number of carbonyl (C=O) groups is 3. The second kappa shape index (κ2) is 8.98. The Kier molecular flexibility index (Phi) is 6.70. The van der Waals surface area contributed by atoms with E-state index in [1.807, 2.05) is 13.8 Å². The summed E-state index contributed by atoms with van der Waals surface area (Å²) in [5, 5.41) is 9.24. The maximum Gasteiger partial charge on any atom is 0.271 e. The lowest BCUT2D eigenvalue weighted by Gasteiger charge is -2.13. The van der Waals surface area contributed by atoms with Crippen LogP contribution in [0.4, 0.5) is 5.69 Å². The molecule has 0 saturated heterocycles. The van der Waals surface area contributed by atoms with Crippen molar-refractivity contribution in [1.29, 1.82) is 0 Å². The molecule has 0 aliphatic carbocycles. The minimum Gasteiger partial charge on any atom is -0.493 e. The molecule has 2 amide bonds. The van der Waals surface area contributed by atoms with Gasteiger partial charge in [-0.15, -0.1) is 0 Å². The van der Waals surface area contributed by atoms with Crippen LogP contribution < -0.4 is 15.8 Å². The van der Waals surface area contributed by atoms with Gasteiger partial charge in [0.25, 0.3) is 11.8 Å². The number of ether oxygens (including phenoxy) is 1. The van der Waals surface area contributed by atoms with Crippen molar-refractivity contribution in [2.75, 3.05) is 11.9 Å². The Morgan fingerprint density at radius 1 is 1.26 bits per heavy atom. The zero-order valence-electron chi connectivity index (χ0n) is 15.7. The first-order chi connectivity index (χ1) is 12.9. The van der Waals surface area contributed by atoms with Gasteiger partial charge < -0.3 is 15.8 Å². The minimum atomic E-state index is -0.752. The van der Waals surface area contributed by atoms with Crippen LogP contribution in [0.15, 0.2) is 18.2 Å². The fourth-order valence-electron chi connectivity index (χ4n) is 2.51.